The van der Waals surface area contributed by atoms with Crippen LogP contribution in [0.3, 0.4) is 0 Å². The van der Waals surface area contributed by atoms with Crippen LogP contribution in [-0.4, -0.2) is 31.1 Å². The van der Waals surface area contributed by atoms with Gasteiger partial charge in [-0.15, -0.1) is 0 Å². The van der Waals surface area contributed by atoms with Crippen LogP contribution in [0, 0.1) is 0 Å². The van der Waals surface area contributed by atoms with E-state index in [0.29, 0.717) is 4.75 Å². The zero-order valence-corrected chi connectivity index (χ0v) is 7.72. The summed E-state index contributed by atoms with van der Waals surface area (Å²) in [7, 11) is 2.02. The fourth-order valence-corrected chi connectivity index (χ4v) is 0. The average Bonchev–Trinajstić information content (AvgIpc) is 1.35. The van der Waals surface area contributed by atoms with Gasteiger partial charge in [-0.2, -0.15) is 0 Å². The molecule has 0 aliphatic heterocycles. The minimum absolute atomic E-state index is 0.520. The molecule has 0 aromatic heterocycles. The second-order valence-corrected chi connectivity index (χ2v) is 5.17. The molecular weight excluding hydrogens is 103 g/mol. The van der Waals surface area contributed by atoms with Gasteiger partial charge in [0.25, 0.3) is 0 Å². The van der Waals surface area contributed by atoms with Gasteiger partial charge in [-0.25, -0.2) is 0 Å². The van der Waals surface area contributed by atoms with E-state index < -0.39 is 0 Å². The van der Waals surface area contributed by atoms with Crippen molar-refractivity contribution in [2.75, 3.05) is 0 Å². The Kier molecular flexibility index (Phi) is 3.19. The van der Waals surface area contributed by atoms with Crippen LogP contribution in [0.15, 0.2) is 0 Å². The van der Waals surface area contributed by atoms with Crippen LogP contribution in [0.4, 0.5) is 0 Å². The molecule has 0 N–H and O–H groups in total. The Hall–Kier alpha value is 1.35. The molecule has 6 heavy (non-hydrogen) atoms. The molecule has 0 spiro atoms. The van der Waals surface area contributed by atoms with Gasteiger partial charge in [0.1, 0.15) is 0 Å². The standard InChI is InChI=1S/C4H10S.Na/c1-4(2,3)5;/h5H,1-3H3;/q;+1/p-1. The van der Waals surface area contributed by atoms with Crippen LogP contribution < -0.4 is 0 Å². The van der Waals surface area contributed by atoms with E-state index in [-0.39, 0.29) is 0 Å². The molecular formula is C4H9NaS. The first-order chi connectivity index (χ1) is 2.56. The molecule has 0 aromatic carbocycles. The molecule has 0 atom stereocenters. The van der Waals surface area contributed by atoms with Crippen LogP contribution in [-0.2, 0) is 0 Å². The molecule has 0 bridgehead atoms. The van der Waals surface area contributed by atoms with E-state index in [9.17, 15) is 0 Å². The van der Waals surface area contributed by atoms with Gasteiger partial charge in [0, 0.05) is 0 Å². The van der Waals surface area contributed by atoms with Gasteiger partial charge in [-0.3, -0.25) is 0 Å². The fraction of sp³-hybridized carbons (Fsp3) is 1.00. The number of rotatable bonds is 0. The van der Waals surface area contributed by atoms with Crippen molar-refractivity contribution in [1.82, 2.24) is 0 Å². The third-order valence-corrected chi connectivity index (χ3v) is 5.51. The summed E-state index contributed by atoms with van der Waals surface area (Å²) in [4.78, 5) is 0. The zero-order valence-electron chi connectivity index (χ0n) is 4.91. The van der Waals surface area contributed by atoms with Crippen LogP contribution in [0.1, 0.15) is 20.8 Å². The van der Waals surface area contributed by atoms with E-state index in [2.05, 4.69) is 20.8 Å². The molecule has 0 nitrogen and oxygen atoms in total. The summed E-state index contributed by atoms with van der Waals surface area (Å²) in [6.45, 7) is 6.72. The Morgan fingerprint density at radius 2 is 1.50 bits per heavy atom. The topological polar surface area (TPSA) is 0 Å². The van der Waals surface area contributed by atoms with E-state index >= 15 is 0 Å². The maximum absolute atomic E-state index is 2.24. The normalized spacial score (nSPS) is 12.2. The monoisotopic (exact) mass is 112 g/mol. The number of hydrogen-bond acceptors (Lipinski definition) is 1. The molecule has 32 valence electrons. The molecule has 0 aliphatic rings. The third kappa shape index (κ3) is 5.35. The SMILES string of the molecule is CC(C)(C)[S][Na]. The minimum atomic E-state index is 0.520. The summed E-state index contributed by atoms with van der Waals surface area (Å²) in [6, 6.07) is 0. The van der Waals surface area contributed by atoms with Crippen LogP contribution >= 0.6 is 7.88 Å². The van der Waals surface area contributed by atoms with Crippen molar-refractivity contribution in [3.63, 3.8) is 0 Å². The molecule has 0 saturated carbocycles. The molecule has 0 saturated heterocycles. The molecule has 2 heteroatoms. The van der Waals surface area contributed by atoms with Crippen molar-refractivity contribution < 1.29 is 0 Å². The van der Waals surface area contributed by atoms with Crippen molar-refractivity contribution in [3.05, 3.63) is 0 Å². The molecule has 0 aromatic rings. The second kappa shape index (κ2) is 2.61. The second-order valence-electron chi connectivity index (χ2n) is 2.32. The zero-order chi connectivity index (χ0) is 5.21. The average molecular weight is 112 g/mol. The fourth-order valence-electron chi connectivity index (χ4n) is 0. The number of hydrogen-bond donors (Lipinski definition) is 0. The molecule has 0 heterocycles. The molecule has 0 rings (SSSR count). The Morgan fingerprint density at radius 3 is 1.50 bits per heavy atom. The molecule has 0 aliphatic carbocycles. The Balaban J connectivity index is 3.17. The first-order valence-corrected chi connectivity index (χ1v) is 5.79. The van der Waals surface area contributed by atoms with Gasteiger partial charge < -0.3 is 0 Å². The molecule has 0 amide bonds. The summed E-state index contributed by atoms with van der Waals surface area (Å²) in [5.74, 6) is 0. The summed E-state index contributed by atoms with van der Waals surface area (Å²) < 4.78 is 0.520. The van der Waals surface area contributed by atoms with E-state index in [0.717, 1.165) is 0 Å². The van der Waals surface area contributed by atoms with Gasteiger partial charge in [0.15, 0.2) is 0 Å². The molecule has 0 fully saturated rings. The van der Waals surface area contributed by atoms with Crippen LogP contribution in [0.25, 0.3) is 0 Å². The maximum atomic E-state index is 2.24. The Morgan fingerprint density at radius 1 is 1.33 bits per heavy atom. The summed E-state index contributed by atoms with van der Waals surface area (Å²) >= 11 is 1.26. The van der Waals surface area contributed by atoms with Gasteiger partial charge >= 0.3 is 59.8 Å². The van der Waals surface area contributed by atoms with Crippen molar-refractivity contribution in [1.29, 1.82) is 0 Å². The Bertz CT molecular complexity index is 37.3. The first-order valence-electron chi connectivity index (χ1n) is 2.11. The third-order valence-electron chi connectivity index (χ3n) is 0.612. The van der Waals surface area contributed by atoms with E-state index in [1.807, 2.05) is 7.88 Å². The van der Waals surface area contributed by atoms with Gasteiger partial charge in [0.2, 0.25) is 0 Å². The quantitative estimate of drug-likeness (QED) is 0.429. The van der Waals surface area contributed by atoms with Gasteiger partial charge in [-0.05, 0) is 0 Å². The van der Waals surface area contributed by atoms with Gasteiger partial charge in [0.05, 0.1) is 0 Å². The summed E-state index contributed by atoms with van der Waals surface area (Å²) in [5.41, 5.74) is 0. The van der Waals surface area contributed by atoms with Gasteiger partial charge in [-0.1, -0.05) is 0 Å². The summed E-state index contributed by atoms with van der Waals surface area (Å²) in [6.07, 6.45) is 0. The first kappa shape index (κ1) is 7.35. The van der Waals surface area contributed by atoms with Crippen LogP contribution in [0.2, 0.25) is 0 Å². The van der Waals surface area contributed by atoms with E-state index in [1.54, 1.807) is 0 Å². The predicted octanol–water partition coefficient (Wildman–Crippen LogP) is 1.60. The van der Waals surface area contributed by atoms with E-state index in [4.69, 9.17) is 0 Å². The predicted molar refractivity (Wildman–Crippen MR) is 33.1 cm³/mol. The van der Waals surface area contributed by atoms with Crippen molar-refractivity contribution >= 4 is 34.2 Å². The van der Waals surface area contributed by atoms with Crippen molar-refractivity contribution in [3.8, 4) is 0 Å². The Labute approximate surface area is 59.5 Å². The summed E-state index contributed by atoms with van der Waals surface area (Å²) in [5, 5.41) is 0. The van der Waals surface area contributed by atoms with E-state index in [1.165, 1.54) is 26.4 Å². The van der Waals surface area contributed by atoms with Crippen molar-refractivity contribution in [2.45, 2.75) is 25.5 Å². The molecule has 0 radical (unpaired) electrons. The van der Waals surface area contributed by atoms with Crippen molar-refractivity contribution in [2.24, 2.45) is 0 Å². The van der Waals surface area contributed by atoms with Crippen LogP contribution in [0.5, 0.6) is 0 Å². The molecule has 0 unspecified atom stereocenters.